The number of rotatable bonds is 2. The van der Waals surface area contributed by atoms with Crippen molar-refractivity contribution >= 4 is 16.7 Å². The fourth-order valence-electron chi connectivity index (χ4n) is 1.96. The maximum Gasteiger partial charge on any atom is 0.228 e. The number of nitrogens with zero attached hydrogens (tertiary/aromatic N) is 2. The first-order valence-electron chi connectivity index (χ1n) is 5.80. The Bertz CT molecular complexity index is 640. The topological polar surface area (TPSA) is 38.5 Å². The Balaban J connectivity index is 2.05. The molecular formula is C14H14N2O2. The van der Waals surface area contributed by atoms with Crippen LogP contribution in [0.15, 0.2) is 41.0 Å². The summed E-state index contributed by atoms with van der Waals surface area (Å²) in [6, 6.07) is 5.63. The highest BCUT2D eigenvalue weighted by molar-refractivity contribution is 5.79. The zero-order valence-corrected chi connectivity index (χ0v) is 10.4. The molecule has 0 atom stereocenters. The van der Waals surface area contributed by atoms with E-state index in [4.69, 9.17) is 9.15 Å². The molecule has 1 aliphatic rings. The molecule has 4 heteroatoms. The van der Waals surface area contributed by atoms with Crippen molar-refractivity contribution < 1.29 is 9.15 Å². The van der Waals surface area contributed by atoms with Crippen molar-refractivity contribution in [2.24, 2.45) is 0 Å². The molecule has 0 N–H and O–H groups in total. The molecule has 0 amide bonds. The van der Waals surface area contributed by atoms with Gasteiger partial charge in [0.15, 0.2) is 5.58 Å². The second-order valence-corrected chi connectivity index (χ2v) is 4.28. The lowest BCUT2D eigenvalue weighted by Gasteiger charge is -2.15. The normalized spacial score (nSPS) is 15.0. The number of hydrogen-bond acceptors (Lipinski definition) is 4. The largest absolute Gasteiger partial charge is 0.497 e. The van der Waals surface area contributed by atoms with Crippen LogP contribution in [0.3, 0.4) is 0 Å². The van der Waals surface area contributed by atoms with E-state index in [0.29, 0.717) is 5.89 Å². The molecule has 0 saturated carbocycles. The predicted molar refractivity (Wildman–Crippen MR) is 70.3 cm³/mol. The molecule has 1 aromatic carbocycles. The Morgan fingerprint density at radius 2 is 2.28 bits per heavy atom. The Kier molecular flexibility index (Phi) is 2.55. The molecule has 0 bridgehead atoms. The summed E-state index contributed by atoms with van der Waals surface area (Å²) in [5.41, 5.74) is 2.57. The van der Waals surface area contributed by atoms with Crippen molar-refractivity contribution in [2.75, 3.05) is 20.7 Å². The number of aromatic nitrogens is 1. The van der Waals surface area contributed by atoms with E-state index in [1.807, 2.05) is 37.5 Å². The predicted octanol–water partition coefficient (Wildman–Crippen LogP) is 2.68. The monoisotopic (exact) mass is 242 g/mol. The third kappa shape index (κ3) is 1.86. The molecule has 0 fully saturated rings. The smallest absolute Gasteiger partial charge is 0.228 e. The van der Waals surface area contributed by atoms with Crippen LogP contribution in [0.4, 0.5) is 0 Å². The van der Waals surface area contributed by atoms with Gasteiger partial charge in [0.05, 0.1) is 12.7 Å². The summed E-state index contributed by atoms with van der Waals surface area (Å²) in [7, 11) is 3.66. The zero-order chi connectivity index (χ0) is 12.5. The number of hydrogen-bond donors (Lipinski definition) is 0. The van der Waals surface area contributed by atoms with Gasteiger partial charge in [-0.05, 0) is 12.1 Å². The molecule has 0 unspecified atom stereocenters. The zero-order valence-electron chi connectivity index (χ0n) is 10.4. The average Bonchev–Trinajstić information content (AvgIpc) is 2.81. The van der Waals surface area contributed by atoms with Gasteiger partial charge in [0, 0.05) is 25.9 Å². The van der Waals surface area contributed by atoms with Gasteiger partial charge in [-0.1, -0.05) is 12.2 Å². The summed E-state index contributed by atoms with van der Waals surface area (Å²) in [6.07, 6.45) is 6.15. The Morgan fingerprint density at radius 3 is 3.06 bits per heavy atom. The maximum atomic E-state index is 5.76. The van der Waals surface area contributed by atoms with Gasteiger partial charge in [0.1, 0.15) is 11.3 Å². The number of benzene rings is 1. The van der Waals surface area contributed by atoms with Crippen LogP contribution in [0, 0.1) is 0 Å². The summed E-state index contributed by atoms with van der Waals surface area (Å²) in [6.45, 7) is 0.914. The molecule has 0 spiro atoms. The molecule has 3 rings (SSSR count). The van der Waals surface area contributed by atoms with Gasteiger partial charge >= 0.3 is 0 Å². The van der Waals surface area contributed by atoms with Gasteiger partial charge in [-0.2, -0.15) is 0 Å². The van der Waals surface area contributed by atoms with Crippen LogP contribution in [-0.4, -0.2) is 30.6 Å². The maximum absolute atomic E-state index is 5.76. The quantitative estimate of drug-likeness (QED) is 0.811. The number of methoxy groups -OCH3 is 1. The minimum atomic E-state index is 0.640. The van der Waals surface area contributed by atoms with Gasteiger partial charge in [-0.25, -0.2) is 4.98 Å². The molecule has 1 aliphatic heterocycles. The second kappa shape index (κ2) is 4.22. The van der Waals surface area contributed by atoms with E-state index >= 15 is 0 Å². The first-order valence-corrected chi connectivity index (χ1v) is 5.80. The molecule has 2 heterocycles. The molecule has 0 radical (unpaired) electrons. The third-order valence-corrected chi connectivity index (χ3v) is 2.89. The highest BCUT2D eigenvalue weighted by Crippen LogP contribution is 2.26. The number of allylic oxidation sites excluding steroid dienone is 2. The van der Waals surface area contributed by atoms with Crippen LogP contribution in [0.25, 0.3) is 16.7 Å². The van der Waals surface area contributed by atoms with E-state index in [0.717, 1.165) is 29.0 Å². The number of ether oxygens (including phenoxy) is 1. The van der Waals surface area contributed by atoms with Crippen LogP contribution in [-0.2, 0) is 0 Å². The highest BCUT2D eigenvalue weighted by atomic mass is 16.5. The van der Waals surface area contributed by atoms with Crippen molar-refractivity contribution in [3.05, 3.63) is 42.4 Å². The lowest BCUT2D eigenvalue weighted by molar-refractivity contribution is 0.414. The van der Waals surface area contributed by atoms with Crippen molar-refractivity contribution in [1.29, 1.82) is 0 Å². The van der Waals surface area contributed by atoms with E-state index in [1.165, 1.54) is 0 Å². The van der Waals surface area contributed by atoms with Crippen molar-refractivity contribution in [3.63, 3.8) is 0 Å². The van der Waals surface area contributed by atoms with Crippen molar-refractivity contribution in [3.8, 4) is 5.75 Å². The molecule has 0 saturated heterocycles. The number of likely N-dealkylation sites (N-methyl/N-ethyl adjacent to an activating group) is 1. The lowest BCUT2D eigenvalue weighted by atomic mass is 10.2. The molecule has 4 nitrogen and oxygen atoms in total. The van der Waals surface area contributed by atoms with Crippen molar-refractivity contribution in [2.45, 2.75) is 0 Å². The SMILES string of the molecule is COc1ccc2nc(C3=CN(C)CC=C3)oc2c1. The fourth-order valence-corrected chi connectivity index (χ4v) is 1.96. The minimum Gasteiger partial charge on any atom is -0.497 e. The van der Waals surface area contributed by atoms with Gasteiger partial charge in [-0.3, -0.25) is 0 Å². The standard InChI is InChI=1S/C14H14N2O2/c1-16-7-3-4-10(9-16)14-15-12-6-5-11(17-2)8-13(12)18-14/h3-6,8-9H,7H2,1-2H3. The van der Waals surface area contributed by atoms with Gasteiger partial charge in [0.2, 0.25) is 5.89 Å². The lowest BCUT2D eigenvalue weighted by Crippen LogP contribution is -2.13. The van der Waals surface area contributed by atoms with Gasteiger partial charge in [0.25, 0.3) is 0 Å². The summed E-state index contributed by atoms with van der Waals surface area (Å²) >= 11 is 0. The van der Waals surface area contributed by atoms with Gasteiger partial charge in [-0.15, -0.1) is 0 Å². The van der Waals surface area contributed by atoms with Crippen LogP contribution >= 0.6 is 0 Å². The first-order chi connectivity index (χ1) is 8.76. The fraction of sp³-hybridized carbons (Fsp3) is 0.214. The average molecular weight is 242 g/mol. The van der Waals surface area contributed by atoms with Crippen LogP contribution < -0.4 is 4.74 Å². The van der Waals surface area contributed by atoms with E-state index in [1.54, 1.807) is 7.11 Å². The summed E-state index contributed by atoms with van der Waals surface area (Å²) in [4.78, 5) is 6.57. The van der Waals surface area contributed by atoms with E-state index in [-0.39, 0.29) is 0 Å². The molecule has 2 aromatic rings. The molecule has 0 aliphatic carbocycles. The Hall–Kier alpha value is -2.23. The Labute approximate surface area is 105 Å². The summed E-state index contributed by atoms with van der Waals surface area (Å²) in [5.74, 6) is 1.41. The highest BCUT2D eigenvalue weighted by Gasteiger charge is 2.12. The second-order valence-electron chi connectivity index (χ2n) is 4.28. The minimum absolute atomic E-state index is 0.640. The molecule has 18 heavy (non-hydrogen) atoms. The van der Waals surface area contributed by atoms with Crippen molar-refractivity contribution in [1.82, 2.24) is 9.88 Å². The summed E-state index contributed by atoms with van der Waals surface area (Å²) < 4.78 is 10.9. The Morgan fingerprint density at radius 1 is 1.39 bits per heavy atom. The van der Waals surface area contributed by atoms with E-state index < -0.39 is 0 Å². The molecule has 1 aromatic heterocycles. The molecule has 92 valence electrons. The van der Waals surface area contributed by atoms with Crippen LogP contribution in [0.1, 0.15) is 5.89 Å². The third-order valence-electron chi connectivity index (χ3n) is 2.89. The number of fused-ring (bicyclic) bond motifs is 1. The van der Waals surface area contributed by atoms with Crippen LogP contribution in [0.5, 0.6) is 5.75 Å². The summed E-state index contributed by atoms with van der Waals surface area (Å²) in [5, 5.41) is 0. The number of oxazole rings is 1. The van der Waals surface area contributed by atoms with Gasteiger partial charge < -0.3 is 14.1 Å². The first kappa shape index (κ1) is 10.9. The molecular weight excluding hydrogens is 228 g/mol. The van der Waals surface area contributed by atoms with Crippen LogP contribution in [0.2, 0.25) is 0 Å². The van der Waals surface area contributed by atoms with E-state index in [2.05, 4.69) is 16.0 Å². The van der Waals surface area contributed by atoms with E-state index in [9.17, 15) is 0 Å².